The number of aliphatic imine (C=N–C) groups is 1. The number of nitrogens with zero attached hydrogens (tertiary/aromatic N) is 2. The van der Waals surface area contributed by atoms with E-state index < -0.39 is 0 Å². The molecule has 3 atom stereocenters. The molecule has 0 radical (unpaired) electrons. The SMILES string of the molecule is CCNC(=NCC(CC(C)C)N1CCOCC1)NCC1CCCC1O.I. The first kappa shape index (κ1) is 23.9. The van der Waals surface area contributed by atoms with E-state index in [-0.39, 0.29) is 30.1 Å². The molecule has 0 spiro atoms. The second-order valence-electron chi connectivity index (χ2n) is 7.79. The van der Waals surface area contributed by atoms with Gasteiger partial charge in [0.2, 0.25) is 0 Å². The van der Waals surface area contributed by atoms with Crippen LogP contribution in [0.25, 0.3) is 0 Å². The van der Waals surface area contributed by atoms with Crippen molar-refractivity contribution in [3.63, 3.8) is 0 Å². The van der Waals surface area contributed by atoms with Crippen LogP contribution in [0.15, 0.2) is 4.99 Å². The van der Waals surface area contributed by atoms with Crippen molar-refractivity contribution in [2.45, 2.75) is 58.6 Å². The summed E-state index contributed by atoms with van der Waals surface area (Å²) in [7, 11) is 0. The summed E-state index contributed by atoms with van der Waals surface area (Å²) in [4.78, 5) is 7.38. The summed E-state index contributed by atoms with van der Waals surface area (Å²) >= 11 is 0. The maximum atomic E-state index is 10.0. The Morgan fingerprint density at radius 2 is 1.96 bits per heavy atom. The molecule has 0 aromatic rings. The third-order valence-electron chi connectivity index (χ3n) is 5.26. The summed E-state index contributed by atoms with van der Waals surface area (Å²) in [5, 5.41) is 16.8. The first-order chi connectivity index (χ1) is 12.1. The summed E-state index contributed by atoms with van der Waals surface area (Å²) in [6.07, 6.45) is 4.18. The molecule has 1 aliphatic heterocycles. The minimum atomic E-state index is -0.155. The van der Waals surface area contributed by atoms with Gasteiger partial charge in [-0.1, -0.05) is 20.3 Å². The van der Waals surface area contributed by atoms with Crippen LogP contribution in [0.5, 0.6) is 0 Å². The van der Waals surface area contributed by atoms with Crippen LogP contribution < -0.4 is 10.6 Å². The molecule has 26 heavy (non-hydrogen) atoms. The molecule has 0 bridgehead atoms. The number of aliphatic hydroxyl groups is 1. The summed E-state index contributed by atoms with van der Waals surface area (Å²) in [5.74, 6) is 1.89. The van der Waals surface area contributed by atoms with Crippen LogP contribution in [0.3, 0.4) is 0 Å². The molecule has 1 aliphatic carbocycles. The van der Waals surface area contributed by atoms with E-state index in [0.29, 0.717) is 17.9 Å². The molecule has 6 nitrogen and oxygen atoms in total. The highest BCUT2D eigenvalue weighted by Gasteiger charge is 2.25. The van der Waals surface area contributed by atoms with E-state index in [0.717, 1.165) is 77.6 Å². The predicted octanol–water partition coefficient (Wildman–Crippen LogP) is 2.07. The zero-order valence-electron chi connectivity index (χ0n) is 16.7. The number of rotatable bonds is 8. The molecule has 0 amide bonds. The van der Waals surface area contributed by atoms with Crippen molar-refractivity contribution < 1.29 is 9.84 Å². The highest BCUT2D eigenvalue weighted by Crippen LogP contribution is 2.24. The molecule has 3 unspecified atom stereocenters. The average molecular weight is 482 g/mol. The lowest BCUT2D eigenvalue weighted by molar-refractivity contribution is 0.0143. The average Bonchev–Trinajstić information content (AvgIpc) is 3.01. The van der Waals surface area contributed by atoms with Gasteiger partial charge in [-0.05, 0) is 32.1 Å². The number of guanidine groups is 1. The number of hydrogen-bond acceptors (Lipinski definition) is 4. The van der Waals surface area contributed by atoms with Crippen LogP contribution in [-0.2, 0) is 4.74 Å². The molecule has 1 saturated carbocycles. The zero-order valence-corrected chi connectivity index (χ0v) is 19.1. The van der Waals surface area contributed by atoms with Crippen LogP contribution in [0.4, 0.5) is 0 Å². The van der Waals surface area contributed by atoms with Crippen LogP contribution >= 0.6 is 24.0 Å². The molecule has 7 heteroatoms. The fourth-order valence-electron chi connectivity index (χ4n) is 3.85. The quantitative estimate of drug-likeness (QED) is 0.281. The second kappa shape index (κ2) is 13.1. The Kier molecular flexibility index (Phi) is 12.1. The Morgan fingerprint density at radius 1 is 1.23 bits per heavy atom. The number of hydrogen-bond donors (Lipinski definition) is 3. The van der Waals surface area contributed by atoms with Gasteiger partial charge in [0.15, 0.2) is 5.96 Å². The van der Waals surface area contributed by atoms with E-state index in [1.165, 1.54) is 0 Å². The molecule has 0 aromatic carbocycles. The van der Waals surface area contributed by atoms with Crippen molar-refractivity contribution in [1.29, 1.82) is 0 Å². The van der Waals surface area contributed by atoms with E-state index in [2.05, 4.69) is 36.3 Å². The van der Waals surface area contributed by atoms with Crippen molar-refractivity contribution >= 4 is 29.9 Å². The van der Waals surface area contributed by atoms with Crippen molar-refractivity contribution in [2.24, 2.45) is 16.8 Å². The number of morpholine rings is 1. The van der Waals surface area contributed by atoms with Crippen LogP contribution in [0.2, 0.25) is 0 Å². The number of halogens is 1. The van der Waals surface area contributed by atoms with Gasteiger partial charge in [-0.15, -0.1) is 24.0 Å². The Bertz CT molecular complexity index is 403. The maximum Gasteiger partial charge on any atom is 0.191 e. The Labute approximate surface area is 176 Å². The molecule has 2 aliphatic rings. The van der Waals surface area contributed by atoms with E-state index in [1.807, 2.05) is 0 Å². The molecule has 3 N–H and O–H groups in total. The molecule has 2 rings (SSSR count). The summed E-state index contributed by atoms with van der Waals surface area (Å²) in [5.41, 5.74) is 0. The first-order valence-electron chi connectivity index (χ1n) is 10.1. The van der Waals surface area contributed by atoms with Gasteiger partial charge in [0.05, 0.1) is 25.9 Å². The van der Waals surface area contributed by atoms with Gasteiger partial charge in [0, 0.05) is 38.1 Å². The number of aliphatic hydroxyl groups excluding tert-OH is 1. The van der Waals surface area contributed by atoms with E-state index in [1.54, 1.807) is 0 Å². The van der Waals surface area contributed by atoms with Gasteiger partial charge >= 0.3 is 0 Å². The molecule has 1 heterocycles. The van der Waals surface area contributed by atoms with Crippen LogP contribution in [0, 0.1) is 11.8 Å². The van der Waals surface area contributed by atoms with E-state index in [4.69, 9.17) is 9.73 Å². The Balaban J connectivity index is 0.00000338. The molecule has 1 saturated heterocycles. The fraction of sp³-hybridized carbons (Fsp3) is 0.947. The standard InChI is InChI=1S/C19H38N4O2.HI/c1-4-20-19(21-13-16-6-5-7-18(16)24)22-14-17(12-15(2)3)23-8-10-25-11-9-23;/h15-18,24H,4-14H2,1-3H3,(H2,20,21,22);1H. The Hall–Kier alpha value is -0.120. The van der Waals surface area contributed by atoms with Gasteiger partial charge in [-0.3, -0.25) is 9.89 Å². The molecular formula is C19H39IN4O2. The lowest BCUT2D eigenvalue weighted by atomic mass is 10.0. The molecule has 0 aromatic heterocycles. The zero-order chi connectivity index (χ0) is 18.1. The normalized spacial score (nSPS) is 25.8. The van der Waals surface area contributed by atoms with E-state index in [9.17, 15) is 5.11 Å². The molecular weight excluding hydrogens is 443 g/mol. The van der Waals surface area contributed by atoms with Crippen molar-refractivity contribution in [2.75, 3.05) is 45.9 Å². The number of nitrogens with one attached hydrogen (secondary N) is 2. The first-order valence-corrected chi connectivity index (χ1v) is 10.1. The van der Waals surface area contributed by atoms with Gasteiger partial charge in [-0.25, -0.2) is 0 Å². The minimum absolute atomic E-state index is 0. The van der Waals surface area contributed by atoms with Crippen LogP contribution in [0.1, 0.15) is 46.5 Å². The highest BCUT2D eigenvalue weighted by molar-refractivity contribution is 14.0. The smallest absolute Gasteiger partial charge is 0.191 e. The minimum Gasteiger partial charge on any atom is -0.393 e. The monoisotopic (exact) mass is 482 g/mol. The summed E-state index contributed by atoms with van der Waals surface area (Å²) in [6.45, 7) is 12.8. The third-order valence-corrected chi connectivity index (χ3v) is 5.26. The second-order valence-corrected chi connectivity index (χ2v) is 7.79. The van der Waals surface area contributed by atoms with Crippen molar-refractivity contribution in [3.8, 4) is 0 Å². The Morgan fingerprint density at radius 3 is 2.54 bits per heavy atom. The van der Waals surface area contributed by atoms with Gasteiger partial charge in [0.1, 0.15) is 0 Å². The lowest BCUT2D eigenvalue weighted by Gasteiger charge is -2.34. The lowest BCUT2D eigenvalue weighted by Crippen LogP contribution is -2.46. The molecule has 2 fully saturated rings. The van der Waals surface area contributed by atoms with Gasteiger partial charge in [-0.2, -0.15) is 0 Å². The fourth-order valence-corrected chi connectivity index (χ4v) is 3.85. The third kappa shape index (κ3) is 8.27. The highest BCUT2D eigenvalue weighted by atomic mass is 127. The summed E-state index contributed by atoms with van der Waals surface area (Å²) < 4.78 is 5.50. The van der Waals surface area contributed by atoms with Crippen molar-refractivity contribution in [3.05, 3.63) is 0 Å². The maximum absolute atomic E-state index is 10.0. The predicted molar refractivity (Wildman–Crippen MR) is 118 cm³/mol. The largest absolute Gasteiger partial charge is 0.393 e. The topological polar surface area (TPSA) is 69.1 Å². The van der Waals surface area contributed by atoms with E-state index >= 15 is 0 Å². The van der Waals surface area contributed by atoms with Gasteiger partial charge in [0.25, 0.3) is 0 Å². The van der Waals surface area contributed by atoms with Gasteiger partial charge < -0.3 is 20.5 Å². The van der Waals surface area contributed by atoms with Crippen molar-refractivity contribution in [1.82, 2.24) is 15.5 Å². The number of ether oxygens (including phenoxy) is 1. The summed E-state index contributed by atoms with van der Waals surface area (Å²) in [6, 6.07) is 0.469. The van der Waals surface area contributed by atoms with Crippen LogP contribution in [-0.4, -0.2) is 74.0 Å². The molecule has 154 valence electrons.